The normalized spacial score (nSPS) is 12.2. The van der Waals surface area contributed by atoms with Gasteiger partial charge in [0.25, 0.3) is 10.0 Å². The topological polar surface area (TPSA) is 86.9 Å². The number of hydrogen-bond acceptors (Lipinski definition) is 5. The average molecular weight is 312 g/mol. The maximum Gasteiger partial charge on any atom is 0.262 e. The van der Waals surface area contributed by atoms with Crippen molar-refractivity contribution < 1.29 is 13.5 Å². The van der Waals surface area contributed by atoms with Crippen LogP contribution >= 0.6 is 0 Å². The molecule has 8 heteroatoms. The van der Waals surface area contributed by atoms with Crippen LogP contribution in [0.3, 0.4) is 0 Å². The van der Waals surface area contributed by atoms with Gasteiger partial charge in [-0.2, -0.15) is 4.31 Å². The Labute approximate surface area is 124 Å². The summed E-state index contributed by atoms with van der Waals surface area (Å²) in [7, 11) is -2.29. The number of nitrogens with one attached hydrogen (secondary N) is 1. The van der Waals surface area contributed by atoms with Crippen LogP contribution in [-0.4, -0.2) is 54.0 Å². The molecule has 0 aliphatic rings. The lowest BCUT2D eigenvalue weighted by Crippen LogP contribution is -2.31. The van der Waals surface area contributed by atoms with Crippen molar-refractivity contribution in [3.8, 4) is 0 Å². The van der Waals surface area contributed by atoms with E-state index >= 15 is 0 Å². The molecule has 0 amide bonds. The van der Waals surface area contributed by atoms with Crippen LogP contribution in [0.15, 0.2) is 29.4 Å². The first-order valence-corrected chi connectivity index (χ1v) is 8.24. The molecule has 0 aromatic carbocycles. The van der Waals surface area contributed by atoms with Crippen LogP contribution in [0, 0.1) is 0 Å². The van der Waals surface area contributed by atoms with Gasteiger partial charge in [-0.1, -0.05) is 13.0 Å². The number of aliphatic hydroxyl groups excluding tert-OH is 1. The molecule has 7 nitrogen and oxygen atoms in total. The number of nitrogens with zero attached hydrogens (tertiary/aromatic N) is 3. The third-order valence-corrected chi connectivity index (χ3v) is 4.98. The van der Waals surface area contributed by atoms with Crippen molar-refractivity contribution >= 4 is 21.5 Å². The summed E-state index contributed by atoms with van der Waals surface area (Å²) in [6, 6.07) is 5.31. The van der Waals surface area contributed by atoms with E-state index in [9.17, 15) is 8.42 Å². The van der Waals surface area contributed by atoms with Gasteiger partial charge in [0.15, 0.2) is 10.8 Å². The molecule has 2 N–H and O–H groups in total. The van der Waals surface area contributed by atoms with E-state index in [0.29, 0.717) is 18.0 Å². The summed E-state index contributed by atoms with van der Waals surface area (Å²) in [5.74, 6) is 0.341. The van der Waals surface area contributed by atoms with Crippen LogP contribution < -0.4 is 5.32 Å². The monoisotopic (exact) mass is 312 g/mol. The number of rotatable bonds is 7. The number of aliphatic hydroxyl groups is 1. The van der Waals surface area contributed by atoms with Gasteiger partial charge in [0.1, 0.15) is 5.65 Å². The van der Waals surface area contributed by atoms with E-state index in [1.165, 1.54) is 7.05 Å². The van der Waals surface area contributed by atoms with Crippen molar-refractivity contribution in [3.63, 3.8) is 0 Å². The van der Waals surface area contributed by atoms with Gasteiger partial charge >= 0.3 is 0 Å². The summed E-state index contributed by atoms with van der Waals surface area (Å²) < 4.78 is 28.1. The molecule has 0 fully saturated rings. The fraction of sp³-hybridized carbons (Fsp3) is 0.462. The van der Waals surface area contributed by atoms with Crippen molar-refractivity contribution in [2.45, 2.75) is 18.4 Å². The smallest absolute Gasteiger partial charge is 0.262 e. The zero-order valence-corrected chi connectivity index (χ0v) is 13.0. The quantitative estimate of drug-likeness (QED) is 0.788. The predicted octanol–water partition coefficient (Wildman–Crippen LogP) is 0.769. The molecular weight excluding hydrogens is 292 g/mol. The van der Waals surface area contributed by atoms with Gasteiger partial charge in [0.05, 0.1) is 6.61 Å². The van der Waals surface area contributed by atoms with E-state index in [4.69, 9.17) is 5.11 Å². The molecule has 0 aliphatic heterocycles. The zero-order valence-electron chi connectivity index (χ0n) is 12.2. The van der Waals surface area contributed by atoms with E-state index in [1.54, 1.807) is 28.8 Å². The number of fused-ring (bicyclic) bond motifs is 1. The van der Waals surface area contributed by atoms with Crippen LogP contribution in [0.25, 0.3) is 5.65 Å². The standard InChI is InChI=1S/C13H20N4O3S/c1-3-7-14-12-13(21(19,20)16(2)9-10-18)17-8-5-4-6-11(17)15-12/h4-6,8,14,18H,3,7,9-10H2,1-2H3. The van der Waals surface area contributed by atoms with Gasteiger partial charge in [-0.15, -0.1) is 0 Å². The summed E-state index contributed by atoms with van der Waals surface area (Å²) in [6.45, 7) is 2.44. The van der Waals surface area contributed by atoms with Crippen molar-refractivity contribution in [3.05, 3.63) is 24.4 Å². The first-order chi connectivity index (χ1) is 10.0. The molecule has 0 spiro atoms. The summed E-state index contributed by atoms with van der Waals surface area (Å²) in [5.41, 5.74) is 0.562. The molecule has 2 rings (SSSR count). The number of anilines is 1. The average Bonchev–Trinajstić information content (AvgIpc) is 2.84. The van der Waals surface area contributed by atoms with Crippen LogP contribution in [0.5, 0.6) is 0 Å². The molecular formula is C13H20N4O3S. The fourth-order valence-electron chi connectivity index (χ4n) is 1.99. The summed E-state index contributed by atoms with van der Waals surface area (Å²) in [5, 5.41) is 12.1. The minimum Gasteiger partial charge on any atom is -0.395 e. The summed E-state index contributed by atoms with van der Waals surface area (Å²) >= 11 is 0. The van der Waals surface area contributed by atoms with Crippen molar-refractivity contribution in [2.24, 2.45) is 0 Å². The highest BCUT2D eigenvalue weighted by molar-refractivity contribution is 7.89. The Balaban J connectivity index is 2.59. The van der Waals surface area contributed by atoms with Crippen LogP contribution in [0.4, 0.5) is 5.82 Å². The number of aromatic nitrogens is 2. The number of likely N-dealkylation sites (N-methyl/N-ethyl adjacent to an activating group) is 1. The molecule has 0 atom stereocenters. The van der Waals surface area contributed by atoms with Crippen LogP contribution in [0.2, 0.25) is 0 Å². The number of imidazole rings is 1. The first kappa shape index (κ1) is 15.7. The fourth-order valence-corrected chi connectivity index (χ4v) is 3.37. The Morgan fingerprint density at radius 3 is 2.86 bits per heavy atom. The van der Waals surface area contributed by atoms with E-state index in [-0.39, 0.29) is 18.2 Å². The van der Waals surface area contributed by atoms with Gasteiger partial charge in [-0.25, -0.2) is 13.4 Å². The molecule has 2 aromatic heterocycles. The Hall–Kier alpha value is -1.64. The van der Waals surface area contributed by atoms with E-state index in [1.807, 2.05) is 6.92 Å². The zero-order chi connectivity index (χ0) is 15.5. The molecule has 2 heterocycles. The molecule has 116 valence electrons. The Kier molecular flexibility index (Phi) is 4.81. The Bertz CT molecular complexity index is 711. The molecule has 21 heavy (non-hydrogen) atoms. The van der Waals surface area contributed by atoms with Crippen molar-refractivity contribution in [2.75, 3.05) is 32.1 Å². The molecule has 0 aliphatic carbocycles. The lowest BCUT2D eigenvalue weighted by Gasteiger charge is -2.16. The third kappa shape index (κ3) is 3.02. The summed E-state index contributed by atoms with van der Waals surface area (Å²) in [4.78, 5) is 4.34. The largest absolute Gasteiger partial charge is 0.395 e. The van der Waals surface area contributed by atoms with E-state index < -0.39 is 10.0 Å². The SMILES string of the molecule is CCCNc1nc2ccccn2c1S(=O)(=O)N(C)CCO. The summed E-state index contributed by atoms with van der Waals surface area (Å²) in [6.07, 6.45) is 2.53. The Morgan fingerprint density at radius 1 is 1.43 bits per heavy atom. The third-order valence-electron chi connectivity index (χ3n) is 3.10. The highest BCUT2D eigenvalue weighted by Crippen LogP contribution is 2.25. The maximum atomic E-state index is 12.7. The first-order valence-electron chi connectivity index (χ1n) is 6.80. The second-order valence-corrected chi connectivity index (χ2v) is 6.63. The number of sulfonamides is 1. The minimum absolute atomic E-state index is 0.0373. The maximum absolute atomic E-state index is 12.7. The second-order valence-electron chi connectivity index (χ2n) is 4.67. The van der Waals surface area contributed by atoms with Gasteiger partial charge < -0.3 is 10.4 Å². The van der Waals surface area contributed by atoms with Gasteiger partial charge in [0.2, 0.25) is 0 Å². The number of hydrogen-bond donors (Lipinski definition) is 2. The van der Waals surface area contributed by atoms with Crippen molar-refractivity contribution in [1.29, 1.82) is 0 Å². The van der Waals surface area contributed by atoms with Crippen LogP contribution in [0.1, 0.15) is 13.3 Å². The van der Waals surface area contributed by atoms with Gasteiger partial charge in [-0.3, -0.25) is 4.40 Å². The highest BCUT2D eigenvalue weighted by Gasteiger charge is 2.28. The second kappa shape index (κ2) is 6.42. The van der Waals surface area contributed by atoms with Gasteiger partial charge in [0, 0.05) is 26.3 Å². The Morgan fingerprint density at radius 2 is 2.19 bits per heavy atom. The number of pyridine rings is 1. The van der Waals surface area contributed by atoms with Crippen molar-refractivity contribution in [1.82, 2.24) is 13.7 Å². The lowest BCUT2D eigenvalue weighted by atomic mass is 10.5. The van der Waals surface area contributed by atoms with E-state index in [0.717, 1.165) is 10.7 Å². The molecule has 2 aromatic rings. The molecule has 0 unspecified atom stereocenters. The minimum atomic E-state index is -3.73. The van der Waals surface area contributed by atoms with Gasteiger partial charge in [-0.05, 0) is 18.6 Å². The van der Waals surface area contributed by atoms with E-state index in [2.05, 4.69) is 10.3 Å². The lowest BCUT2D eigenvalue weighted by molar-refractivity contribution is 0.266. The molecule has 0 saturated carbocycles. The highest BCUT2D eigenvalue weighted by atomic mass is 32.2. The van der Waals surface area contributed by atoms with Crippen LogP contribution in [-0.2, 0) is 10.0 Å². The molecule has 0 bridgehead atoms. The molecule has 0 radical (unpaired) electrons. The molecule has 0 saturated heterocycles. The predicted molar refractivity (Wildman–Crippen MR) is 80.9 cm³/mol.